The summed E-state index contributed by atoms with van der Waals surface area (Å²) in [6, 6.07) is 7.53. The van der Waals surface area contributed by atoms with Crippen LogP contribution in [0.3, 0.4) is 0 Å². The van der Waals surface area contributed by atoms with Gasteiger partial charge in [0.15, 0.2) is 0 Å². The molecule has 1 saturated heterocycles. The van der Waals surface area contributed by atoms with Gasteiger partial charge in [0.2, 0.25) is 5.91 Å². The fourth-order valence-corrected chi connectivity index (χ4v) is 6.22. The van der Waals surface area contributed by atoms with Crippen molar-refractivity contribution in [2.75, 3.05) is 12.3 Å². The van der Waals surface area contributed by atoms with E-state index >= 15 is 0 Å². The molecule has 2 atom stereocenters. The average molecular weight is 526 g/mol. The summed E-state index contributed by atoms with van der Waals surface area (Å²) in [4.78, 5) is 51.6. The molecule has 1 aromatic heterocycles. The molecule has 1 unspecified atom stereocenters. The second kappa shape index (κ2) is 9.76. The third-order valence-corrected chi connectivity index (χ3v) is 7.98. The number of rotatable bonds is 7. The van der Waals surface area contributed by atoms with E-state index in [1.54, 1.807) is 6.07 Å². The van der Waals surface area contributed by atoms with E-state index in [0.29, 0.717) is 5.57 Å². The van der Waals surface area contributed by atoms with Crippen LogP contribution < -0.4 is 10.6 Å². The molecule has 3 amide bonds. The Morgan fingerprint density at radius 2 is 1.88 bits per heavy atom. The molecule has 1 aromatic carbocycles. The van der Waals surface area contributed by atoms with Crippen molar-refractivity contribution in [2.45, 2.75) is 17.8 Å². The van der Waals surface area contributed by atoms with Gasteiger partial charge in [0.1, 0.15) is 17.1 Å². The van der Waals surface area contributed by atoms with E-state index in [2.05, 4.69) is 10.6 Å². The van der Waals surface area contributed by atoms with E-state index in [4.69, 9.17) is 23.2 Å². The standard InChI is InChI=1S/C21H17Cl2N3O5S2/c22-12-4-1-5-13(23)15(12)18(28)24-8-10-9-33-20-16(19(29)26(20)17(10)21(30)31)25-14(27)7-11-3-2-6-32-11/h1-6,16,20H,7-9H2,(H,24,28)(H,25,27)(H,30,31)/t16?,20-/m1/s1. The van der Waals surface area contributed by atoms with Crippen molar-refractivity contribution < 1.29 is 24.3 Å². The highest BCUT2D eigenvalue weighted by Crippen LogP contribution is 2.40. The Balaban J connectivity index is 1.45. The zero-order chi connectivity index (χ0) is 23.7. The number of nitrogens with zero attached hydrogens (tertiary/aromatic N) is 1. The number of thioether (sulfide) groups is 1. The quantitative estimate of drug-likeness (QED) is 0.478. The summed E-state index contributed by atoms with van der Waals surface area (Å²) >= 11 is 14.9. The Bertz CT molecular complexity index is 1150. The molecule has 2 aliphatic rings. The Morgan fingerprint density at radius 3 is 2.52 bits per heavy atom. The Hall–Kier alpha value is -2.53. The molecule has 33 heavy (non-hydrogen) atoms. The van der Waals surface area contributed by atoms with Crippen LogP contribution in [0.1, 0.15) is 15.2 Å². The minimum atomic E-state index is -1.28. The number of fused-ring (bicyclic) bond motifs is 1. The summed E-state index contributed by atoms with van der Waals surface area (Å²) in [5, 5.41) is 16.8. The van der Waals surface area contributed by atoms with Gasteiger partial charge in [-0.15, -0.1) is 23.1 Å². The predicted molar refractivity (Wildman–Crippen MR) is 127 cm³/mol. The maximum Gasteiger partial charge on any atom is 0.352 e. The first-order valence-corrected chi connectivity index (χ1v) is 12.4. The summed E-state index contributed by atoms with van der Waals surface area (Å²) in [5.74, 6) is -2.36. The van der Waals surface area contributed by atoms with E-state index in [0.717, 1.165) is 9.78 Å². The van der Waals surface area contributed by atoms with Crippen LogP contribution in [-0.2, 0) is 20.8 Å². The molecular formula is C21H17Cl2N3O5S2. The van der Waals surface area contributed by atoms with Crippen molar-refractivity contribution >= 4 is 70.0 Å². The number of hydrogen-bond acceptors (Lipinski definition) is 6. The van der Waals surface area contributed by atoms with Gasteiger partial charge in [0.05, 0.1) is 22.0 Å². The molecule has 2 aromatic rings. The number of carboxylic acids is 1. The second-order valence-electron chi connectivity index (χ2n) is 7.25. The van der Waals surface area contributed by atoms with Crippen molar-refractivity contribution in [2.24, 2.45) is 0 Å². The molecule has 172 valence electrons. The van der Waals surface area contributed by atoms with Gasteiger partial charge < -0.3 is 15.7 Å². The number of hydrogen-bond donors (Lipinski definition) is 3. The minimum Gasteiger partial charge on any atom is -0.477 e. The lowest BCUT2D eigenvalue weighted by Crippen LogP contribution is -2.70. The highest BCUT2D eigenvalue weighted by Gasteiger charge is 2.54. The van der Waals surface area contributed by atoms with Crippen molar-refractivity contribution in [3.63, 3.8) is 0 Å². The molecule has 4 rings (SSSR count). The van der Waals surface area contributed by atoms with Crippen LogP contribution >= 0.6 is 46.3 Å². The normalized spacial score (nSPS) is 19.6. The average Bonchev–Trinajstić information content (AvgIpc) is 3.28. The fourth-order valence-electron chi connectivity index (χ4n) is 3.61. The summed E-state index contributed by atoms with van der Waals surface area (Å²) in [7, 11) is 0. The number of benzene rings is 1. The first-order chi connectivity index (χ1) is 15.8. The fraction of sp³-hybridized carbons (Fsp3) is 0.238. The molecule has 8 nitrogen and oxygen atoms in total. The first-order valence-electron chi connectivity index (χ1n) is 9.72. The van der Waals surface area contributed by atoms with E-state index in [1.165, 1.54) is 35.2 Å². The topological polar surface area (TPSA) is 116 Å². The number of aliphatic carboxylic acids is 1. The zero-order valence-corrected chi connectivity index (χ0v) is 20.0. The highest BCUT2D eigenvalue weighted by molar-refractivity contribution is 8.00. The van der Waals surface area contributed by atoms with Gasteiger partial charge in [0, 0.05) is 17.2 Å². The molecular weight excluding hydrogens is 509 g/mol. The molecule has 12 heteroatoms. The number of carbonyl (C=O) groups is 4. The van der Waals surface area contributed by atoms with Crippen LogP contribution in [0.2, 0.25) is 10.0 Å². The van der Waals surface area contributed by atoms with Gasteiger partial charge in [-0.25, -0.2) is 4.79 Å². The van der Waals surface area contributed by atoms with Crippen LogP contribution in [-0.4, -0.2) is 57.4 Å². The van der Waals surface area contributed by atoms with E-state index < -0.39 is 29.2 Å². The van der Waals surface area contributed by atoms with E-state index in [9.17, 15) is 24.3 Å². The van der Waals surface area contributed by atoms with Crippen molar-refractivity contribution in [1.82, 2.24) is 15.5 Å². The molecule has 0 spiro atoms. The largest absolute Gasteiger partial charge is 0.477 e. The number of thiophene rings is 1. The maximum absolute atomic E-state index is 12.7. The number of β-lactam (4-membered cyclic amide) rings is 1. The van der Waals surface area contributed by atoms with Crippen LogP contribution in [0.25, 0.3) is 0 Å². The lowest BCUT2D eigenvalue weighted by atomic mass is 10.0. The second-order valence-corrected chi connectivity index (χ2v) is 10.2. The third-order valence-electron chi connectivity index (χ3n) is 5.13. The summed E-state index contributed by atoms with van der Waals surface area (Å²) in [6.07, 6.45) is 0.155. The predicted octanol–water partition coefficient (Wildman–Crippen LogP) is 2.77. The smallest absolute Gasteiger partial charge is 0.352 e. The lowest BCUT2D eigenvalue weighted by molar-refractivity contribution is -0.150. The summed E-state index contributed by atoms with van der Waals surface area (Å²) in [6.45, 7) is -0.0963. The lowest BCUT2D eigenvalue weighted by Gasteiger charge is -2.49. The van der Waals surface area contributed by atoms with Gasteiger partial charge in [-0.2, -0.15) is 0 Å². The van der Waals surface area contributed by atoms with Crippen LogP contribution in [0.5, 0.6) is 0 Å². The van der Waals surface area contributed by atoms with Gasteiger partial charge in [-0.3, -0.25) is 19.3 Å². The number of amides is 3. The Kier molecular flexibility index (Phi) is 6.99. The van der Waals surface area contributed by atoms with Crippen LogP contribution in [0, 0.1) is 0 Å². The van der Waals surface area contributed by atoms with Crippen molar-refractivity contribution in [3.8, 4) is 0 Å². The molecule has 0 bridgehead atoms. The van der Waals surface area contributed by atoms with Crippen LogP contribution in [0.4, 0.5) is 0 Å². The SMILES string of the molecule is O=C(Cc1cccs1)NC1C(=O)N2C(C(=O)O)=C(CNC(=O)c3c(Cl)cccc3Cl)CS[C@H]12. The molecule has 2 aliphatic heterocycles. The van der Waals surface area contributed by atoms with E-state index in [1.807, 2.05) is 17.5 Å². The maximum atomic E-state index is 12.7. The number of carboxylic acid groups (broad SMARTS) is 1. The first kappa shape index (κ1) is 23.6. The molecule has 1 fully saturated rings. The third kappa shape index (κ3) is 4.74. The molecule has 3 heterocycles. The molecule has 0 aliphatic carbocycles. The molecule has 0 saturated carbocycles. The number of halogens is 2. The number of carbonyl (C=O) groups excluding carboxylic acids is 3. The summed E-state index contributed by atoms with van der Waals surface area (Å²) < 4.78 is 0. The van der Waals surface area contributed by atoms with E-state index in [-0.39, 0.29) is 45.9 Å². The minimum absolute atomic E-state index is 0.0909. The van der Waals surface area contributed by atoms with Gasteiger partial charge in [-0.05, 0) is 29.2 Å². The van der Waals surface area contributed by atoms with Gasteiger partial charge >= 0.3 is 5.97 Å². The molecule has 3 N–H and O–H groups in total. The number of nitrogens with one attached hydrogen (secondary N) is 2. The summed E-state index contributed by atoms with van der Waals surface area (Å²) in [5.41, 5.74) is 0.281. The Labute approximate surface area is 206 Å². The van der Waals surface area contributed by atoms with Gasteiger partial charge in [-0.1, -0.05) is 35.3 Å². The van der Waals surface area contributed by atoms with Crippen LogP contribution in [0.15, 0.2) is 47.0 Å². The van der Waals surface area contributed by atoms with Crippen molar-refractivity contribution in [3.05, 3.63) is 67.5 Å². The van der Waals surface area contributed by atoms with Crippen molar-refractivity contribution in [1.29, 1.82) is 0 Å². The van der Waals surface area contributed by atoms with Gasteiger partial charge in [0.25, 0.3) is 11.8 Å². The molecule has 0 radical (unpaired) electrons. The highest BCUT2D eigenvalue weighted by atomic mass is 35.5. The monoisotopic (exact) mass is 525 g/mol. The zero-order valence-electron chi connectivity index (χ0n) is 16.8. The Morgan fingerprint density at radius 1 is 1.15 bits per heavy atom.